The molecule has 0 radical (unpaired) electrons. The van der Waals surface area contributed by atoms with Gasteiger partial charge in [-0.3, -0.25) is 0 Å². The number of rotatable bonds is 4. The molecule has 1 heterocycles. The van der Waals surface area contributed by atoms with E-state index < -0.39 is 0 Å². The number of methoxy groups -OCH3 is 1. The van der Waals surface area contributed by atoms with Crippen LogP contribution in [-0.4, -0.2) is 22.6 Å². The summed E-state index contributed by atoms with van der Waals surface area (Å²) in [5, 5.41) is 0. The van der Waals surface area contributed by atoms with Gasteiger partial charge in [0.2, 0.25) is 0 Å². The summed E-state index contributed by atoms with van der Waals surface area (Å²) in [6.45, 7) is 4.28. The van der Waals surface area contributed by atoms with Crippen molar-refractivity contribution in [2.24, 2.45) is 11.7 Å². The number of aromatic nitrogens is 2. The fourth-order valence-electron chi connectivity index (χ4n) is 1.57. The number of esters is 1. The van der Waals surface area contributed by atoms with Gasteiger partial charge in [0.1, 0.15) is 6.04 Å². The van der Waals surface area contributed by atoms with Crippen molar-refractivity contribution in [3.05, 3.63) is 18.2 Å². The molecule has 0 aliphatic heterocycles. The van der Waals surface area contributed by atoms with Gasteiger partial charge < -0.3 is 15.0 Å². The first-order valence-corrected chi connectivity index (χ1v) is 4.90. The fourth-order valence-corrected chi connectivity index (χ4v) is 1.57. The van der Waals surface area contributed by atoms with Crippen LogP contribution in [0.15, 0.2) is 12.5 Å². The van der Waals surface area contributed by atoms with Crippen LogP contribution >= 0.6 is 0 Å². The summed E-state index contributed by atoms with van der Waals surface area (Å²) in [5.74, 6) is -0.130. The number of hydrogen-bond acceptors (Lipinski definition) is 4. The lowest BCUT2D eigenvalue weighted by Crippen LogP contribution is -2.27. The van der Waals surface area contributed by atoms with Crippen LogP contribution in [0.4, 0.5) is 0 Å². The minimum absolute atomic E-state index is 0.136. The van der Waals surface area contributed by atoms with Crippen molar-refractivity contribution in [3.8, 4) is 0 Å². The fraction of sp³-hybridized carbons (Fsp3) is 0.600. The molecular formula is C10H17N3O2. The van der Waals surface area contributed by atoms with Crippen molar-refractivity contribution in [3.63, 3.8) is 0 Å². The monoisotopic (exact) mass is 211 g/mol. The van der Waals surface area contributed by atoms with E-state index in [1.165, 1.54) is 7.11 Å². The zero-order valence-corrected chi connectivity index (χ0v) is 9.30. The van der Waals surface area contributed by atoms with Gasteiger partial charge in [0.15, 0.2) is 0 Å². The predicted octanol–water partition coefficient (Wildman–Crippen LogP) is 0.712. The van der Waals surface area contributed by atoms with E-state index in [4.69, 9.17) is 10.5 Å². The minimum Gasteiger partial charge on any atom is -0.467 e. The van der Waals surface area contributed by atoms with Crippen molar-refractivity contribution >= 4 is 5.97 Å². The second-order valence-electron chi connectivity index (χ2n) is 3.71. The van der Waals surface area contributed by atoms with Gasteiger partial charge in [-0.05, 0) is 5.92 Å². The van der Waals surface area contributed by atoms with E-state index in [1.807, 2.05) is 13.8 Å². The molecule has 0 aromatic carbocycles. The maximum Gasteiger partial charge on any atom is 0.329 e. The molecule has 1 atom stereocenters. The number of nitrogens with zero attached hydrogens (tertiary/aromatic N) is 2. The normalized spacial score (nSPS) is 12.9. The Morgan fingerprint density at radius 2 is 2.33 bits per heavy atom. The number of imidazole rings is 1. The van der Waals surface area contributed by atoms with Crippen LogP contribution in [0, 0.1) is 5.92 Å². The van der Waals surface area contributed by atoms with E-state index in [0.717, 1.165) is 5.69 Å². The first-order chi connectivity index (χ1) is 7.11. The zero-order chi connectivity index (χ0) is 11.4. The highest BCUT2D eigenvalue weighted by molar-refractivity contribution is 5.74. The van der Waals surface area contributed by atoms with E-state index in [1.54, 1.807) is 17.1 Å². The zero-order valence-electron chi connectivity index (χ0n) is 9.30. The molecule has 1 aromatic rings. The number of ether oxygens (including phenoxy) is 1. The molecule has 5 nitrogen and oxygen atoms in total. The molecule has 0 aliphatic carbocycles. The summed E-state index contributed by atoms with van der Waals surface area (Å²) < 4.78 is 6.54. The Morgan fingerprint density at radius 3 is 2.80 bits per heavy atom. The van der Waals surface area contributed by atoms with Crippen molar-refractivity contribution in [1.29, 1.82) is 0 Å². The van der Waals surface area contributed by atoms with Gasteiger partial charge in [-0.25, -0.2) is 9.78 Å². The van der Waals surface area contributed by atoms with Gasteiger partial charge in [-0.2, -0.15) is 0 Å². The number of hydrogen-bond donors (Lipinski definition) is 1. The predicted molar refractivity (Wildman–Crippen MR) is 56.0 cm³/mol. The third-order valence-corrected chi connectivity index (χ3v) is 2.33. The highest BCUT2D eigenvalue weighted by Crippen LogP contribution is 2.20. The molecule has 1 unspecified atom stereocenters. The second-order valence-corrected chi connectivity index (χ2v) is 3.71. The van der Waals surface area contributed by atoms with Crippen molar-refractivity contribution < 1.29 is 9.53 Å². The van der Waals surface area contributed by atoms with Crippen LogP contribution in [0.2, 0.25) is 0 Å². The maximum atomic E-state index is 11.6. The Morgan fingerprint density at radius 1 is 1.67 bits per heavy atom. The Bertz CT molecular complexity index is 333. The van der Waals surface area contributed by atoms with Crippen LogP contribution < -0.4 is 5.73 Å². The largest absolute Gasteiger partial charge is 0.467 e. The lowest BCUT2D eigenvalue weighted by Gasteiger charge is -2.21. The van der Waals surface area contributed by atoms with Gasteiger partial charge in [0, 0.05) is 12.7 Å². The summed E-state index contributed by atoms with van der Waals surface area (Å²) in [5.41, 5.74) is 6.39. The molecule has 0 amide bonds. The van der Waals surface area contributed by atoms with Crippen molar-refractivity contribution in [2.75, 3.05) is 7.11 Å². The van der Waals surface area contributed by atoms with Gasteiger partial charge in [-0.15, -0.1) is 0 Å². The molecule has 0 fully saturated rings. The van der Waals surface area contributed by atoms with Gasteiger partial charge in [-0.1, -0.05) is 13.8 Å². The van der Waals surface area contributed by atoms with E-state index in [9.17, 15) is 4.79 Å². The minimum atomic E-state index is -0.351. The smallest absolute Gasteiger partial charge is 0.329 e. The van der Waals surface area contributed by atoms with Crippen molar-refractivity contribution in [2.45, 2.75) is 26.4 Å². The number of nitrogens with two attached hydrogens (primary N) is 1. The summed E-state index contributed by atoms with van der Waals surface area (Å²) in [7, 11) is 1.39. The molecule has 15 heavy (non-hydrogen) atoms. The maximum absolute atomic E-state index is 11.6. The highest BCUT2D eigenvalue weighted by atomic mass is 16.5. The van der Waals surface area contributed by atoms with Gasteiger partial charge in [0.05, 0.1) is 19.1 Å². The second kappa shape index (κ2) is 4.93. The number of carbonyl (C=O) groups is 1. The van der Waals surface area contributed by atoms with Crippen LogP contribution in [0.1, 0.15) is 25.6 Å². The number of carbonyl (C=O) groups excluding carboxylic acids is 1. The molecule has 0 saturated heterocycles. The average molecular weight is 211 g/mol. The van der Waals surface area contributed by atoms with Crippen LogP contribution in [0.3, 0.4) is 0 Å². The highest BCUT2D eigenvalue weighted by Gasteiger charge is 2.26. The standard InChI is InChI=1S/C10H17N3O2/c1-7(2)9(10(14)15-3)13-6-12-5-8(13)4-11/h5-7,9H,4,11H2,1-3H3. The summed E-state index contributed by atoms with van der Waals surface area (Å²) >= 11 is 0. The molecule has 5 heteroatoms. The molecular weight excluding hydrogens is 194 g/mol. The molecule has 1 rings (SSSR count). The third kappa shape index (κ3) is 2.36. The molecule has 1 aromatic heterocycles. The molecule has 0 bridgehead atoms. The molecule has 0 aliphatic rings. The Hall–Kier alpha value is -1.36. The van der Waals surface area contributed by atoms with E-state index >= 15 is 0 Å². The molecule has 0 spiro atoms. The first kappa shape index (κ1) is 11.7. The Kier molecular flexibility index (Phi) is 3.85. The topological polar surface area (TPSA) is 70.1 Å². The summed E-state index contributed by atoms with van der Waals surface area (Å²) in [6, 6.07) is -0.351. The summed E-state index contributed by atoms with van der Waals surface area (Å²) in [4.78, 5) is 15.6. The quantitative estimate of drug-likeness (QED) is 0.745. The average Bonchev–Trinajstić information content (AvgIpc) is 2.65. The van der Waals surface area contributed by atoms with Crippen molar-refractivity contribution in [1.82, 2.24) is 9.55 Å². The lowest BCUT2D eigenvalue weighted by atomic mass is 10.0. The molecule has 2 N–H and O–H groups in total. The molecule has 0 saturated carbocycles. The summed E-state index contributed by atoms with van der Waals surface area (Å²) in [6.07, 6.45) is 3.28. The van der Waals surface area contributed by atoms with Crippen LogP contribution in [0.5, 0.6) is 0 Å². The van der Waals surface area contributed by atoms with Crippen LogP contribution in [-0.2, 0) is 16.1 Å². The Balaban J connectivity index is 3.04. The van der Waals surface area contributed by atoms with Crippen LogP contribution in [0.25, 0.3) is 0 Å². The lowest BCUT2D eigenvalue weighted by molar-refractivity contribution is -0.146. The van der Waals surface area contributed by atoms with E-state index in [0.29, 0.717) is 6.54 Å². The van der Waals surface area contributed by atoms with E-state index in [2.05, 4.69) is 4.98 Å². The van der Waals surface area contributed by atoms with Gasteiger partial charge in [0.25, 0.3) is 0 Å². The van der Waals surface area contributed by atoms with E-state index in [-0.39, 0.29) is 17.9 Å². The first-order valence-electron chi connectivity index (χ1n) is 4.90. The SMILES string of the molecule is COC(=O)C(C(C)C)n1cncc1CN. The molecule has 84 valence electrons. The third-order valence-electron chi connectivity index (χ3n) is 2.33. The Labute approximate surface area is 89.2 Å². The van der Waals surface area contributed by atoms with Gasteiger partial charge >= 0.3 is 5.97 Å².